The lowest BCUT2D eigenvalue weighted by molar-refractivity contribution is -0.384. The van der Waals surface area contributed by atoms with Crippen LogP contribution in [0.4, 0.5) is 11.4 Å². The quantitative estimate of drug-likeness (QED) is 0.579. The van der Waals surface area contributed by atoms with Gasteiger partial charge in [-0.25, -0.2) is 0 Å². The molecule has 0 heterocycles. The maximum absolute atomic E-state index is 12.0. The van der Waals surface area contributed by atoms with E-state index in [0.717, 1.165) is 6.07 Å². The fourth-order valence-electron chi connectivity index (χ4n) is 1.93. The van der Waals surface area contributed by atoms with Gasteiger partial charge in [0.05, 0.1) is 15.5 Å². The first-order valence-corrected chi connectivity index (χ1v) is 7.13. The number of carbonyl (C=O) groups is 2. The van der Waals surface area contributed by atoms with E-state index in [2.05, 4.69) is 16.2 Å². The van der Waals surface area contributed by atoms with Gasteiger partial charge in [-0.1, -0.05) is 23.7 Å². The zero-order chi connectivity index (χ0) is 17.7. The molecule has 3 N–H and O–H groups in total. The van der Waals surface area contributed by atoms with Crippen LogP contribution in [0.15, 0.2) is 42.5 Å². The maximum Gasteiger partial charge on any atom is 0.293 e. The number of rotatable bonds is 4. The Morgan fingerprint density at radius 2 is 1.75 bits per heavy atom. The van der Waals surface area contributed by atoms with Crippen molar-refractivity contribution in [3.8, 4) is 0 Å². The Hall–Kier alpha value is -3.13. The third-order valence-corrected chi connectivity index (χ3v) is 3.46. The van der Waals surface area contributed by atoms with Crippen molar-refractivity contribution in [1.29, 1.82) is 0 Å². The lowest BCUT2D eigenvalue weighted by Crippen LogP contribution is -2.41. The molecular formula is C15H13ClN4O4. The van der Waals surface area contributed by atoms with Crippen molar-refractivity contribution in [2.75, 3.05) is 12.4 Å². The van der Waals surface area contributed by atoms with Crippen LogP contribution in [0.2, 0.25) is 5.02 Å². The van der Waals surface area contributed by atoms with Gasteiger partial charge >= 0.3 is 0 Å². The highest BCUT2D eigenvalue weighted by Crippen LogP contribution is 2.24. The molecule has 9 heteroatoms. The van der Waals surface area contributed by atoms with Gasteiger partial charge in [-0.15, -0.1) is 0 Å². The van der Waals surface area contributed by atoms with Crippen LogP contribution in [0, 0.1) is 10.1 Å². The fourth-order valence-corrected chi connectivity index (χ4v) is 2.16. The number of nitrogens with zero attached hydrogens (tertiary/aromatic N) is 1. The van der Waals surface area contributed by atoms with Crippen LogP contribution in [-0.4, -0.2) is 23.8 Å². The van der Waals surface area contributed by atoms with E-state index in [0.29, 0.717) is 0 Å². The molecule has 0 aliphatic carbocycles. The minimum Gasteiger partial charge on any atom is -0.383 e. The van der Waals surface area contributed by atoms with E-state index in [1.54, 1.807) is 12.1 Å². The molecule has 2 amide bonds. The van der Waals surface area contributed by atoms with E-state index in [4.69, 9.17) is 11.6 Å². The second-order valence-electron chi connectivity index (χ2n) is 4.63. The van der Waals surface area contributed by atoms with Gasteiger partial charge < -0.3 is 5.32 Å². The molecule has 0 saturated carbocycles. The van der Waals surface area contributed by atoms with E-state index >= 15 is 0 Å². The summed E-state index contributed by atoms with van der Waals surface area (Å²) in [4.78, 5) is 34.4. The topological polar surface area (TPSA) is 113 Å². The summed E-state index contributed by atoms with van der Waals surface area (Å²) in [7, 11) is 1.53. The minimum absolute atomic E-state index is 0.0279. The SMILES string of the molecule is CNc1ccc(C(=O)NNC(=O)c2ccccc2Cl)cc1[N+](=O)[O-]. The number of anilines is 1. The molecule has 0 fully saturated rings. The lowest BCUT2D eigenvalue weighted by Gasteiger charge is -2.09. The van der Waals surface area contributed by atoms with Gasteiger partial charge in [0.25, 0.3) is 17.5 Å². The zero-order valence-corrected chi connectivity index (χ0v) is 13.3. The first-order valence-electron chi connectivity index (χ1n) is 6.75. The highest BCUT2D eigenvalue weighted by Gasteiger charge is 2.17. The normalized spacial score (nSPS) is 9.92. The molecule has 8 nitrogen and oxygen atoms in total. The number of hydrogen-bond acceptors (Lipinski definition) is 5. The van der Waals surface area contributed by atoms with Crippen LogP contribution in [0.3, 0.4) is 0 Å². The highest BCUT2D eigenvalue weighted by molar-refractivity contribution is 6.33. The van der Waals surface area contributed by atoms with Crippen LogP contribution in [0.5, 0.6) is 0 Å². The van der Waals surface area contributed by atoms with Crippen LogP contribution >= 0.6 is 11.6 Å². The number of nitrogens with one attached hydrogen (secondary N) is 3. The Morgan fingerprint density at radius 3 is 2.38 bits per heavy atom. The molecule has 24 heavy (non-hydrogen) atoms. The largest absolute Gasteiger partial charge is 0.383 e. The molecule has 0 bridgehead atoms. The number of hydrogen-bond donors (Lipinski definition) is 3. The third-order valence-electron chi connectivity index (χ3n) is 3.13. The number of nitro benzene ring substituents is 1. The molecule has 2 aromatic rings. The summed E-state index contributed by atoms with van der Waals surface area (Å²) < 4.78 is 0. The second-order valence-corrected chi connectivity index (χ2v) is 5.03. The molecular weight excluding hydrogens is 336 g/mol. The van der Waals surface area contributed by atoms with Crippen molar-refractivity contribution in [1.82, 2.24) is 10.9 Å². The first kappa shape index (κ1) is 17.2. The Kier molecular flexibility index (Phi) is 5.33. The van der Waals surface area contributed by atoms with Gasteiger partial charge in [-0.05, 0) is 24.3 Å². The van der Waals surface area contributed by atoms with Gasteiger partial charge in [0.2, 0.25) is 0 Å². The molecule has 2 rings (SSSR count). The predicted molar refractivity (Wildman–Crippen MR) is 89.0 cm³/mol. The van der Waals surface area contributed by atoms with Gasteiger partial charge in [-0.2, -0.15) is 0 Å². The van der Waals surface area contributed by atoms with Gasteiger partial charge in [-0.3, -0.25) is 30.6 Å². The lowest BCUT2D eigenvalue weighted by atomic mass is 10.1. The Labute approximate surface area is 141 Å². The highest BCUT2D eigenvalue weighted by atomic mass is 35.5. The second kappa shape index (κ2) is 7.42. The number of benzene rings is 2. The summed E-state index contributed by atoms with van der Waals surface area (Å²) in [5, 5.41) is 13.9. The van der Waals surface area contributed by atoms with Crippen LogP contribution in [-0.2, 0) is 0 Å². The van der Waals surface area contributed by atoms with E-state index < -0.39 is 16.7 Å². The molecule has 124 valence electrons. The Morgan fingerprint density at radius 1 is 1.08 bits per heavy atom. The van der Waals surface area contributed by atoms with Crippen molar-refractivity contribution in [3.05, 3.63) is 68.7 Å². The van der Waals surface area contributed by atoms with Crippen molar-refractivity contribution in [2.45, 2.75) is 0 Å². The van der Waals surface area contributed by atoms with Crippen LogP contribution in [0.25, 0.3) is 0 Å². The van der Waals surface area contributed by atoms with E-state index in [9.17, 15) is 19.7 Å². The maximum atomic E-state index is 12.0. The van der Waals surface area contributed by atoms with E-state index in [1.807, 2.05) is 0 Å². The molecule has 0 unspecified atom stereocenters. The van der Waals surface area contributed by atoms with Crippen molar-refractivity contribution >= 4 is 34.8 Å². The summed E-state index contributed by atoms with van der Waals surface area (Å²) >= 11 is 5.88. The zero-order valence-electron chi connectivity index (χ0n) is 12.5. The van der Waals surface area contributed by atoms with Crippen molar-refractivity contribution in [2.24, 2.45) is 0 Å². The fraction of sp³-hybridized carbons (Fsp3) is 0.0667. The van der Waals surface area contributed by atoms with E-state index in [-0.39, 0.29) is 27.5 Å². The average Bonchev–Trinajstić information content (AvgIpc) is 2.59. The minimum atomic E-state index is -0.693. The van der Waals surface area contributed by atoms with E-state index in [1.165, 1.54) is 31.3 Å². The van der Waals surface area contributed by atoms with Crippen molar-refractivity contribution < 1.29 is 14.5 Å². The number of carbonyl (C=O) groups excluding carboxylic acids is 2. The first-order chi connectivity index (χ1) is 11.4. The molecule has 0 aliphatic heterocycles. The number of hydrazine groups is 1. The molecule has 0 atom stereocenters. The Bertz CT molecular complexity index is 810. The molecule has 0 spiro atoms. The molecule has 0 aromatic heterocycles. The summed E-state index contributed by atoms with van der Waals surface area (Å²) in [5.41, 5.74) is 4.64. The van der Waals surface area contributed by atoms with Gasteiger partial charge in [0.15, 0.2) is 0 Å². The predicted octanol–water partition coefficient (Wildman–Crippen LogP) is 2.36. The molecule has 0 saturated heterocycles. The number of amides is 2. The average molecular weight is 349 g/mol. The standard InChI is InChI=1S/C15H13ClN4O4/c1-17-12-7-6-9(8-13(12)20(23)24)14(21)18-19-15(22)10-4-2-3-5-11(10)16/h2-8,17H,1H3,(H,18,21)(H,19,22). The van der Waals surface area contributed by atoms with Gasteiger partial charge in [0, 0.05) is 18.7 Å². The summed E-state index contributed by atoms with van der Waals surface area (Å²) in [6.07, 6.45) is 0. The Balaban J connectivity index is 2.10. The summed E-state index contributed by atoms with van der Waals surface area (Å²) in [6, 6.07) is 10.2. The van der Waals surface area contributed by atoms with Crippen LogP contribution < -0.4 is 16.2 Å². The summed E-state index contributed by atoms with van der Waals surface area (Å²) in [5.74, 6) is -1.29. The van der Waals surface area contributed by atoms with Crippen molar-refractivity contribution in [3.63, 3.8) is 0 Å². The molecule has 2 aromatic carbocycles. The molecule has 0 aliphatic rings. The van der Waals surface area contributed by atoms with Crippen LogP contribution in [0.1, 0.15) is 20.7 Å². The smallest absolute Gasteiger partial charge is 0.293 e. The summed E-state index contributed by atoms with van der Waals surface area (Å²) in [6.45, 7) is 0. The van der Waals surface area contributed by atoms with Gasteiger partial charge in [0.1, 0.15) is 5.69 Å². The third kappa shape index (κ3) is 3.79. The number of halogens is 1. The number of nitro groups is 1. The monoisotopic (exact) mass is 348 g/mol. The molecule has 0 radical (unpaired) electrons.